The molecule has 3 saturated heterocycles. The minimum atomic E-state index is -1.24. The van der Waals surface area contributed by atoms with Crippen LogP contribution in [0.15, 0.2) is 0 Å². The van der Waals surface area contributed by atoms with Crippen LogP contribution in [0.25, 0.3) is 0 Å². The van der Waals surface area contributed by atoms with Gasteiger partial charge in [-0.3, -0.25) is 14.4 Å². The fourth-order valence-electron chi connectivity index (χ4n) is 8.44. The SMILES string of the molecule is CC(C)NC(CCC(=O)CCCCO[C@@H]1OC(CO)[C@H](O)[C@H](O)C1C)(CCC(=O)NCCCO[C@@H]1OC(CO)[C@H](O)[C@H](O)C1C)CCC(=O)NCCCO[C@@H]1OC(CO)[C@H](O)[C@H](O)C1C. The average Bonchev–Trinajstić information content (AvgIpc) is 3.28. The molecular weight excluding hydrogens is 858 g/mol. The Morgan fingerprint density at radius 1 is 0.523 bits per heavy atom. The average molecular weight is 940 g/mol. The predicted molar refractivity (Wildman–Crippen MR) is 231 cm³/mol. The smallest absolute Gasteiger partial charge is 0.220 e. The summed E-state index contributed by atoms with van der Waals surface area (Å²) >= 11 is 0. The van der Waals surface area contributed by atoms with Gasteiger partial charge in [-0.25, -0.2) is 0 Å². The van der Waals surface area contributed by atoms with E-state index in [0.717, 1.165) is 0 Å². The number of aliphatic hydroxyl groups excluding tert-OH is 9. The standard InChI is InChI=1S/C44H81N3O18/c1-25(2)47-44(14-11-29(51)10-6-7-19-60-41-26(3)35(54)38(57)30(22-48)63-41,15-12-33(52)45-17-8-20-61-42-27(4)36(55)39(58)31(23-49)64-42)16-13-34(53)46-18-9-21-62-43-28(5)37(56)40(59)32(24-50)65-43/h25-28,30-32,35-43,47-50,54-59H,6-24H2,1-5H3,(H,45,52)(H,46,53)/t26?,27?,28?,30?,31?,32?,35-,36-,37-,38+,39+,40+,41-,42-,43-,44?/m1/s1. The van der Waals surface area contributed by atoms with Gasteiger partial charge in [0.05, 0.1) is 51.3 Å². The molecule has 21 nitrogen and oxygen atoms in total. The number of ketones is 1. The van der Waals surface area contributed by atoms with E-state index in [1.54, 1.807) is 20.8 Å². The molecule has 0 aromatic rings. The molecule has 3 fully saturated rings. The molecule has 3 aliphatic heterocycles. The van der Waals surface area contributed by atoms with Crippen molar-refractivity contribution in [3.05, 3.63) is 0 Å². The Kier molecular flexibility index (Phi) is 25.6. The molecule has 0 radical (unpaired) electrons. The number of unbranched alkanes of at least 4 members (excludes halogenated alkanes) is 1. The highest BCUT2D eigenvalue weighted by atomic mass is 16.7. The molecule has 0 aromatic carbocycles. The van der Waals surface area contributed by atoms with Gasteiger partial charge in [-0.15, -0.1) is 0 Å². The molecule has 65 heavy (non-hydrogen) atoms. The van der Waals surface area contributed by atoms with Gasteiger partial charge in [0.1, 0.15) is 42.4 Å². The first kappa shape index (κ1) is 57.3. The van der Waals surface area contributed by atoms with E-state index in [1.165, 1.54) is 0 Å². The molecule has 0 spiro atoms. The third-order valence-corrected chi connectivity index (χ3v) is 12.7. The molecule has 21 heteroatoms. The zero-order chi connectivity index (χ0) is 48.3. The second kappa shape index (κ2) is 29.1. The van der Waals surface area contributed by atoms with Crippen LogP contribution in [0.2, 0.25) is 0 Å². The van der Waals surface area contributed by atoms with Crippen LogP contribution in [-0.4, -0.2) is 202 Å². The summed E-state index contributed by atoms with van der Waals surface area (Å²) in [5, 5.41) is 99.0. The van der Waals surface area contributed by atoms with Gasteiger partial charge >= 0.3 is 0 Å². The molecule has 380 valence electrons. The summed E-state index contributed by atoms with van der Waals surface area (Å²) in [7, 11) is 0. The first-order valence-corrected chi connectivity index (χ1v) is 23.4. The zero-order valence-electron chi connectivity index (χ0n) is 38.9. The highest BCUT2D eigenvalue weighted by Gasteiger charge is 2.44. The van der Waals surface area contributed by atoms with Gasteiger partial charge in [-0.2, -0.15) is 0 Å². The highest BCUT2D eigenvalue weighted by molar-refractivity contribution is 5.79. The molecule has 0 aromatic heterocycles. The molecule has 15 atom stereocenters. The summed E-state index contributed by atoms with van der Waals surface area (Å²) in [5.74, 6) is -2.07. The normalized spacial score (nSPS) is 34.0. The summed E-state index contributed by atoms with van der Waals surface area (Å²) in [5.41, 5.74) is -0.761. The van der Waals surface area contributed by atoms with E-state index < -0.39 is 117 Å². The van der Waals surface area contributed by atoms with Gasteiger partial charge in [-0.1, -0.05) is 34.6 Å². The van der Waals surface area contributed by atoms with E-state index in [0.29, 0.717) is 44.9 Å². The lowest BCUT2D eigenvalue weighted by Crippen LogP contribution is -2.55. The molecule has 3 aliphatic rings. The molecule has 3 heterocycles. The molecule has 0 saturated carbocycles. The van der Waals surface area contributed by atoms with Crippen molar-refractivity contribution in [3.8, 4) is 0 Å². The lowest BCUT2D eigenvalue weighted by atomic mass is 9.81. The van der Waals surface area contributed by atoms with Gasteiger partial charge < -0.3 is 90.3 Å². The van der Waals surface area contributed by atoms with Crippen LogP contribution < -0.4 is 16.0 Å². The third-order valence-electron chi connectivity index (χ3n) is 12.7. The van der Waals surface area contributed by atoms with Crippen molar-refractivity contribution in [3.63, 3.8) is 0 Å². The molecule has 12 N–H and O–H groups in total. The van der Waals surface area contributed by atoms with Gasteiger partial charge in [0.25, 0.3) is 0 Å². The van der Waals surface area contributed by atoms with Crippen molar-refractivity contribution in [2.24, 2.45) is 17.8 Å². The monoisotopic (exact) mass is 940 g/mol. The first-order valence-electron chi connectivity index (χ1n) is 23.4. The number of aliphatic hydroxyl groups is 9. The van der Waals surface area contributed by atoms with Crippen LogP contribution >= 0.6 is 0 Å². The van der Waals surface area contributed by atoms with Crippen molar-refractivity contribution in [2.45, 2.75) is 191 Å². The van der Waals surface area contributed by atoms with Crippen LogP contribution in [0.5, 0.6) is 0 Å². The predicted octanol–water partition coefficient (Wildman–Crippen LogP) is -1.91. The summed E-state index contributed by atoms with van der Waals surface area (Å²) in [6.45, 7) is 8.65. The van der Waals surface area contributed by atoms with E-state index in [-0.39, 0.29) is 82.2 Å². The number of nitrogens with one attached hydrogen (secondary N) is 3. The van der Waals surface area contributed by atoms with Crippen molar-refractivity contribution in [1.29, 1.82) is 0 Å². The number of hydrogen-bond acceptors (Lipinski definition) is 19. The second-order valence-corrected chi connectivity index (χ2v) is 18.3. The maximum atomic E-state index is 13.3. The Labute approximate surface area is 382 Å². The Bertz CT molecular complexity index is 1230. The summed E-state index contributed by atoms with van der Waals surface area (Å²) in [4.78, 5) is 39.7. The number of amides is 2. The molecule has 0 aliphatic carbocycles. The fraction of sp³-hybridized carbons (Fsp3) is 0.932. The molecule has 0 bridgehead atoms. The number of carbonyl (C=O) groups excluding carboxylic acids is 3. The summed E-state index contributed by atoms with van der Waals surface area (Å²) in [6, 6.07) is -0.0546. The minimum absolute atomic E-state index is 0.00205. The second-order valence-electron chi connectivity index (χ2n) is 18.3. The lowest BCUT2D eigenvalue weighted by molar-refractivity contribution is -0.282. The van der Waals surface area contributed by atoms with Gasteiger partial charge in [0.15, 0.2) is 18.9 Å². The maximum absolute atomic E-state index is 13.3. The number of ether oxygens (including phenoxy) is 6. The Hall–Kier alpha value is -2.03. The van der Waals surface area contributed by atoms with Gasteiger partial charge in [0.2, 0.25) is 11.8 Å². The van der Waals surface area contributed by atoms with Crippen LogP contribution in [0, 0.1) is 17.8 Å². The third kappa shape index (κ3) is 18.1. The van der Waals surface area contributed by atoms with E-state index >= 15 is 0 Å². The first-order chi connectivity index (χ1) is 30.9. The van der Waals surface area contributed by atoms with Crippen molar-refractivity contribution in [1.82, 2.24) is 16.0 Å². The highest BCUT2D eigenvalue weighted by Crippen LogP contribution is 2.30. The van der Waals surface area contributed by atoms with E-state index in [1.807, 2.05) is 13.8 Å². The molecule has 2 amide bonds. The maximum Gasteiger partial charge on any atom is 0.220 e. The number of Topliss-reactive ketones (excluding diaryl/α,β-unsaturated/α-hetero) is 1. The Balaban J connectivity index is 1.52. The number of rotatable bonds is 30. The lowest BCUT2D eigenvalue weighted by Gasteiger charge is -2.40. The summed E-state index contributed by atoms with van der Waals surface area (Å²) in [6.07, 6.45) is -8.94. The topological polar surface area (TPSA) is 325 Å². The molecule has 3 rings (SSSR count). The van der Waals surface area contributed by atoms with Crippen molar-refractivity contribution in [2.75, 3.05) is 52.7 Å². The Morgan fingerprint density at radius 2 is 0.877 bits per heavy atom. The van der Waals surface area contributed by atoms with E-state index in [4.69, 9.17) is 28.4 Å². The van der Waals surface area contributed by atoms with Gasteiger partial charge in [0, 0.05) is 74.7 Å². The molecule has 6 unspecified atom stereocenters. The van der Waals surface area contributed by atoms with Crippen LogP contribution in [0.3, 0.4) is 0 Å². The minimum Gasteiger partial charge on any atom is -0.394 e. The van der Waals surface area contributed by atoms with E-state index in [9.17, 15) is 60.3 Å². The number of hydrogen-bond donors (Lipinski definition) is 12. The zero-order valence-corrected chi connectivity index (χ0v) is 38.9. The summed E-state index contributed by atoms with van der Waals surface area (Å²) < 4.78 is 34.1. The molecular formula is C44H81N3O18. The fourth-order valence-corrected chi connectivity index (χ4v) is 8.44. The Morgan fingerprint density at radius 3 is 1.23 bits per heavy atom. The van der Waals surface area contributed by atoms with E-state index in [2.05, 4.69) is 16.0 Å². The van der Waals surface area contributed by atoms with Crippen molar-refractivity contribution < 1.29 is 88.8 Å². The van der Waals surface area contributed by atoms with Crippen LogP contribution in [0.1, 0.15) is 105 Å². The van der Waals surface area contributed by atoms with Crippen molar-refractivity contribution >= 4 is 17.6 Å². The van der Waals surface area contributed by atoms with Gasteiger partial charge in [-0.05, 0) is 44.9 Å². The number of carbonyl (C=O) groups is 3. The quantitative estimate of drug-likeness (QED) is 0.0350. The largest absolute Gasteiger partial charge is 0.394 e. The van der Waals surface area contributed by atoms with Crippen LogP contribution in [0.4, 0.5) is 0 Å². The van der Waals surface area contributed by atoms with Crippen LogP contribution in [-0.2, 0) is 42.8 Å².